The molecule has 0 amide bonds. The van der Waals surface area contributed by atoms with E-state index in [-0.39, 0.29) is 5.69 Å². The molecule has 26 heavy (non-hydrogen) atoms. The summed E-state index contributed by atoms with van der Waals surface area (Å²) in [6.07, 6.45) is 1.67. The molecule has 3 aromatic carbocycles. The van der Waals surface area contributed by atoms with E-state index in [0.717, 1.165) is 22.6 Å². The van der Waals surface area contributed by atoms with Crippen molar-refractivity contribution >= 4 is 17.6 Å². The second-order valence-corrected chi connectivity index (χ2v) is 5.61. The number of nitro groups is 1. The Morgan fingerprint density at radius 3 is 2.35 bits per heavy atom. The van der Waals surface area contributed by atoms with Crippen LogP contribution in [-0.4, -0.2) is 11.1 Å². The minimum Gasteiger partial charge on any atom is -0.457 e. The van der Waals surface area contributed by atoms with E-state index in [1.54, 1.807) is 18.3 Å². The van der Waals surface area contributed by atoms with Crippen LogP contribution in [0.25, 0.3) is 0 Å². The summed E-state index contributed by atoms with van der Waals surface area (Å²) in [6, 6.07) is 21.4. The fourth-order valence-corrected chi connectivity index (χ4v) is 2.26. The molecule has 0 heterocycles. The van der Waals surface area contributed by atoms with Crippen LogP contribution in [0.3, 0.4) is 0 Å². The maximum absolute atomic E-state index is 10.6. The SMILES string of the molecule is Cc1ccccc1Oc1ccc(C=NNc2ccc([N+](=O)[O-])cc2)cc1. The zero-order chi connectivity index (χ0) is 18.4. The van der Waals surface area contributed by atoms with E-state index in [4.69, 9.17) is 4.74 Å². The third-order valence-electron chi connectivity index (χ3n) is 3.69. The molecule has 0 saturated carbocycles. The number of nitrogens with one attached hydrogen (secondary N) is 1. The van der Waals surface area contributed by atoms with Gasteiger partial charge in [0.15, 0.2) is 0 Å². The topological polar surface area (TPSA) is 76.8 Å². The molecule has 1 N–H and O–H groups in total. The van der Waals surface area contributed by atoms with Crippen LogP contribution in [0.15, 0.2) is 77.9 Å². The van der Waals surface area contributed by atoms with Gasteiger partial charge >= 0.3 is 0 Å². The molecule has 0 atom stereocenters. The number of nitrogens with zero attached hydrogens (tertiary/aromatic N) is 2. The normalized spacial score (nSPS) is 10.7. The number of hydrogen-bond acceptors (Lipinski definition) is 5. The van der Waals surface area contributed by atoms with E-state index < -0.39 is 4.92 Å². The number of hydrazone groups is 1. The summed E-state index contributed by atoms with van der Waals surface area (Å²) in [5.74, 6) is 1.58. The van der Waals surface area contributed by atoms with Crippen LogP contribution >= 0.6 is 0 Å². The van der Waals surface area contributed by atoms with Crippen molar-refractivity contribution in [1.82, 2.24) is 0 Å². The highest BCUT2D eigenvalue weighted by Gasteiger charge is 2.03. The highest BCUT2D eigenvalue weighted by molar-refractivity contribution is 5.80. The number of non-ortho nitro benzene ring substituents is 1. The van der Waals surface area contributed by atoms with E-state index in [0.29, 0.717) is 5.69 Å². The Hall–Kier alpha value is -3.67. The molecule has 0 bridgehead atoms. The Morgan fingerprint density at radius 2 is 1.69 bits per heavy atom. The number of rotatable bonds is 6. The second-order valence-electron chi connectivity index (χ2n) is 5.61. The minimum absolute atomic E-state index is 0.0452. The molecule has 0 spiro atoms. The lowest BCUT2D eigenvalue weighted by atomic mass is 10.2. The second kappa shape index (κ2) is 7.94. The van der Waals surface area contributed by atoms with Gasteiger partial charge in [0.1, 0.15) is 11.5 Å². The first-order valence-electron chi connectivity index (χ1n) is 7.99. The zero-order valence-electron chi connectivity index (χ0n) is 14.1. The zero-order valence-corrected chi connectivity index (χ0v) is 14.1. The number of benzene rings is 3. The number of aryl methyl sites for hydroxylation is 1. The summed E-state index contributed by atoms with van der Waals surface area (Å²) >= 11 is 0. The molecule has 0 aliphatic heterocycles. The Labute approximate surface area is 150 Å². The molecule has 0 aromatic heterocycles. The van der Waals surface area contributed by atoms with Gasteiger partial charge in [-0.3, -0.25) is 15.5 Å². The van der Waals surface area contributed by atoms with Gasteiger partial charge < -0.3 is 4.74 Å². The van der Waals surface area contributed by atoms with Crippen LogP contribution in [0.2, 0.25) is 0 Å². The van der Waals surface area contributed by atoms with Crippen LogP contribution in [0, 0.1) is 17.0 Å². The van der Waals surface area contributed by atoms with Gasteiger partial charge in [-0.1, -0.05) is 18.2 Å². The predicted octanol–water partition coefficient (Wildman–Crippen LogP) is 5.14. The van der Waals surface area contributed by atoms with Gasteiger partial charge in [-0.25, -0.2) is 0 Å². The van der Waals surface area contributed by atoms with Gasteiger partial charge in [0.05, 0.1) is 16.8 Å². The summed E-state index contributed by atoms with van der Waals surface area (Å²) in [5.41, 5.74) is 5.53. The monoisotopic (exact) mass is 347 g/mol. The lowest BCUT2D eigenvalue weighted by molar-refractivity contribution is -0.384. The van der Waals surface area contributed by atoms with Crippen LogP contribution in [0.5, 0.6) is 11.5 Å². The van der Waals surface area contributed by atoms with E-state index in [9.17, 15) is 10.1 Å². The van der Waals surface area contributed by atoms with Crippen molar-refractivity contribution in [1.29, 1.82) is 0 Å². The minimum atomic E-state index is -0.437. The molecule has 6 nitrogen and oxygen atoms in total. The Morgan fingerprint density at radius 1 is 1.00 bits per heavy atom. The van der Waals surface area contributed by atoms with Crippen LogP contribution in [0.1, 0.15) is 11.1 Å². The van der Waals surface area contributed by atoms with Gasteiger partial charge in [-0.2, -0.15) is 5.10 Å². The van der Waals surface area contributed by atoms with E-state index in [1.165, 1.54) is 12.1 Å². The molecule has 0 aliphatic rings. The first kappa shape index (κ1) is 17.2. The fourth-order valence-electron chi connectivity index (χ4n) is 2.26. The smallest absolute Gasteiger partial charge is 0.269 e. The average Bonchev–Trinajstić information content (AvgIpc) is 2.65. The third-order valence-corrected chi connectivity index (χ3v) is 3.69. The Bertz CT molecular complexity index is 920. The summed E-state index contributed by atoms with van der Waals surface area (Å²) < 4.78 is 5.85. The summed E-state index contributed by atoms with van der Waals surface area (Å²) in [6.45, 7) is 2.00. The number of anilines is 1. The molecule has 0 saturated heterocycles. The maximum atomic E-state index is 10.6. The molecule has 0 fully saturated rings. The average molecular weight is 347 g/mol. The van der Waals surface area contributed by atoms with Gasteiger partial charge in [0.2, 0.25) is 0 Å². The standard InChI is InChI=1S/C20H17N3O3/c1-15-4-2-3-5-20(15)26-19-12-6-16(7-13-19)14-21-22-17-8-10-18(11-9-17)23(24)25/h2-14,22H,1H3. The number of ether oxygens (including phenoxy) is 1. The van der Waals surface area contributed by atoms with Crippen molar-refractivity contribution in [3.63, 3.8) is 0 Å². The van der Waals surface area contributed by atoms with Crippen molar-refractivity contribution in [3.05, 3.63) is 94.0 Å². The highest BCUT2D eigenvalue weighted by atomic mass is 16.6. The van der Waals surface area contributed by atoms with Crippen molar-refractivity contribution in [2.75, 3.05) is 5.43 Å². The number of nitro benzene ring substituents is 1. The Balaban J connectivity index is 1.59. The summed E-state index contributed by atoms with van der Waals surface area (Å²) in [4.78, 5) is 10.2. The molecular weight excluding hydrogens is 330 g/mol. The summed E-state index contributed by atoms with van der Waals surface area (Å²) in [5, 5.41) is 14.7. The third kappa shape index (κ3) is 4.45. The van der Waals surface area contributed by atoms with Crippen molar-refractivity contribution < 1.29 is 9.66 Å². The van der Waals surface area contributed by atoms with Gasteiger partial charge in [0.25, 0.3) is 5.69 Å². The molecule has 3 rings (SSSR count). The van der Waals surface area contributed by atoms with Crippen LogP contribution in [-0.2, 0) is 0 Å². The van der Waals surface area contributed by atoms with Crippen molar-refractivity contribution in [2.45, 2.75) is 6.92 Å². The Kier molecular flexibility index (Phi) is 5.24. The molecular formula is C20H17N3O3. The lowest BCUT2D eigenvalue weighted by Gasteiger charge is -2.08. The molecule has 3 aromatic rings. The molecule has 6 heteroatoms. The van der Waals surface area contributed by atoms with Crippen LogP contribution < -0.4 is 10.2 Å². The predicted molar refractivity (Wildman–Crippen MR) is 102 cm³/mol. The first-order chi connectivity index (χ1) is 12.6. The van der Waals surface area contributed by atoms with E-state index in [2.05, 4.69) is 10.5 Å². The van der Waals surface area contributed by atoms with Gasteiger partial charge in [-0.15, -0.1) is 0 Å². The van der Waals surface area contributed by atoms with Crippen LogP contribution in [0.4, 0.5) is 11.4 Å². The molecule has 0 aliphatic carbocycles. The van der Waals surface area contributed by atoms with E-state index in [1.807, 2.05) is 55.5 Å². The first-order valence-corrected chi connectivity index (χ1v) is 7.99. The highest BCUT2D eigenvalue weighted by Crippen LogP contribution is 2.24. The lowest BCUT2D eigenvalue weighted by Crippen LogP contribution is -1.92. The largest absolute Gasteiger partial charge is 0.457 e. The van der Waals surface area contributed by atoms with Crippen molar-refractivity contribution in [3.8, 4) is 11.5 Å². The van der Waals surface area contributed by atoms with Gasteiger partial charge in [-0.05, 0) is 60.5 Å². The number of para-hydroxylation sites is 1. The molecule has 0 radical (unpaired) electrons. The fraction of sp³-hybridized carbons (Fsp3) is 0.0500. The van der Waals surface area contributed by atoms with Gasteiger partial charge in [0, 0.05) is 12.1 Å². The number of hydrogen-bond donors (Lipinski definition) is 1. The summed E-state index contributed by atoms with van der Waals surface area (Å²) in [7, 11) is 0. The quantitative estimate of drug-likeness (QED) is 0.380. The molecule has 0 unspecified atom stereocenters. The maximum Gasteiger partial charge on any atom is 0.269 e. The van der Waals surface area contributed by atoms with Crippen molar-refractivity contribution in [2.24, 2.45) is 5.10 Å². The van der Waals surface area contributed by atoms with E-state index >= 15 is 0 Å². The molecule has 130 valence electrons.